The summed E-state index contributed by atoms with van der Waals surface area (Å²) in [4.78, 5) is 10.4. The Morgan fingerprint density at radius 3 is 3.20 bits per heavy atom. The topological polar surface area (TPSA) is 58.6 Å². The van der Waals surface area contributed by atoms with Gasteiger partial charge in [0, 0.05) is 6.54 Å². The maximum atomic E-state index is 10.4. The number of fused-ring (bicyclic) bond motifs is 1. The lowest BCUT2D eigenvalue weighted by Crippen LogP contribution is -2.24. The van der Waals surface area contributed by atoms with Crippen LogP contribution >= 0.6 is 0 Å². The van der Waals surface area contributed by atoms with Crippen molar-refractivity contribution < 1.29 is 14.6 Å². The highest BCUT2D eigenvalue weighted by Gasteiger charge is 2.13. The maximum absolute atomic E-state index is 10.4. The lowest BCUT2D eigenvalue weighted by atomic mass is 10.0. The monoisotopic (exact) mass is 207 g/mol. The molecule has 4 nitrogen and oxygen atoms in total. The van der Waals surface area contributed by atoms with Gasteiger partial charge in [-0.25, -0.2) is 4.79 Å². The largest absolute Gasteiger partial charge is 0.482 e. The molecule has 0 bridgehead atoms. The average molecular weight is 207 g/mol. The van der Waals surface area contributed by atoms with E-state index in [1.807, 2.05) is 18.2 Å². The highest BCUT2D eigenvalue weighted by atomic mass is 16.5. The molecule has 0 fully saturated rings. The molecule has 80 valence electrons. The van der Waals surface area contributed by atoms with Crippen LogP contribution in [0.25, 0.3) is 0 Å². The molecule has 1 aliphatic rings. The molecule has 0 saturated carbocycles. The summed E-state index contributed by atoms with van der Waals surface area (Å²) in [6, 6.07) is 5.76. The van der Waals surface area contributed by atoms with Gasteiger partial charge in [-0.15, -0.1) is 0 Å². The third kappa shape index (κ3) is 2.27. The van der Waals surface area contributed by atoms with Gasteiger partial charge in [0.15, 0.2) is 6.61 Å². The number of benzene rings is 1. The number of rotatable bonds is 3. The van der Waals surface area contributed by atoms with Gasteiger partial charge in [0.1, 0.15) is 5.75 Å². The Labute approximate surface area is 87.9 Å². The van der Waals surface area contributed by atoms with Gasteiger partial charge in [0.05, 0.1) is 0 Å². The van der Waals surface area contributed by atoms with Crippen molar-refractivity contribution in [1.29, 1.82) is 0 Å². The van der Waals surface area contributed by atoms with Crippen LogP contribution in [0.2, 0.25) is 0 Å². The number of hydrogen-bond donors (Lipinski definition) is 2. The number of nitrogens with one attached hydrogen (secondary N) is 1. The minimum absolute atomic E-state index is 0.274. The normalized spacial score (nSPS) is 14.4. The van der Waals surface area contributed by atoms with Crippen LogP contribution in [0.3, 0.4) is 0 Å². The van der Waals surface area contributed by atoms with Gasteiger partial charge in [-0.05, 0) is 30.2 Å². The van der Waals surface area contributed by atoms with Crippen LogP contribution in [0.4, 0.5) is 0 Å². The standard InChI is InChI=1S/C11H13NO3/c13-11(14)7-15-10-3-1-2-8-6-12-5-4-9(8)10/h1-3,12H,4-7H2,(H,13,14). The van der Waals surface area contributed by atoms with Crippen LogP contribution < -0.4 is 10.1 Å². The van der Waals surface area contributed by atoms with Crippen molar-refractivity contribution in [3.05, 3.63) is 29.3 Å². The van der Waals surface area contributed by atoms with E-state index < -0.39 is 5.97 Å². The molecule has 1 aliphatic heterocycles. The maximum Gasteiger partial charge on any atom is 0.341 e. The second-order valence-electron chi connectivity index (χ2n) is 3.50. The van der Waals surface area contributed by atoms with Gasteiger partial charge >= 0.3 is 5.97 Å². The quantitative estimate of drug-likeness (QED) is 0.769. The van der Waals surface area contributed by atoms with Gasteiger partial charge in [0.25, 0.3) is 0 Å². The highest BCUT2D eigenvalue weighted by molar-refractivity contribution is 5.68. The fourth-order valence-corrected chi connectivity index (χ4v) is 1.77. The number of carboxylic acid groups (broad SMARTS) is 1. The molecule has 0 aliphatic carbocycles. The van der Waals surface area contributed by atoms with Crippen LogP contribution in [0, 0.1) is 0 Å². The molecule has 1 aromatic carbocycles. The van der Waals surface area contributed by atoms with Crippen LogP contribution in [0.5, 0.6) is 5.75 Å². The van der Waals surface area contributed by atoms with Crippen molar-refractivity contribution >= 4 is 5.97 Å². The van der Waals surface area contributed by atoms with E-state index in [4.69, 9.17) is 9.84 Å². The van der Waals surface area contributed by atoms with Gasteiger partial charge in [0.2, 0.25) is 0 Å². The third-order valence-electron chi connectivity index (χ3n) is 2.45. The Bertz CT molecular complexity index is 376. The summed E-state index contributed by atoms with van der Waals surface area (Å²) in [7, 11) is 0. The zero-order valence-electron chi connectivity index (χ0n) is 8.32. The zero-order chi connectivity index (χ0) is 10.7. The Hall–Kier alpha value is -1.55. The summed E-state index contributed by atoms with van der Waals surface area (Å²) >= 11 is 0. The molecular formula is C11H13NO3. The van der Waals surface area contributed by atoms with Crippen molar-refractivity contribution in [2.75, 3.05) is 13.2 Å². The third-order valence-corrected chi connectivity index (χ3v) is 2.45. The minimum Gasteiger partial charge on any atom is -0.482 e. The second kappa shape index (κ2) is 4.31. The molecule has 15 heavy (non-hydrogen) atoms. The molecule has 1 aromatic rings. The molecule has 0 aromatic heterocycles. The Morgan fingerprint density at radius 1 is 1.53 bits per heavy atom. The second-order valence-corrected chi connectivity index (χ2v) is 3.50. The van der Waals surface area contributed by atoms with Crippen LogP contribution in [0.15, 0.2) is 18.2 Å². The first kappa shape index (κ1) is 9.98. The van der Waals surface area contributed by atoms with Crippen molar-refractivity contribution in [1.82, 2.24) is 5.32 Å². The fraction of sp³-hybridized carbons (Fsp3) is 0.364. The number of ether oxygens (including phenoxy) is 1. The molecule has 2 N–H and O–H groups in total. The van der Waals surface area contributed by atoms with E-state index in [1.165, 1.54) is 5.56 Å². The SMILES string of the molecule is O=C(O)COc1cccc2c1CCNC2. The van der Waals surface area contributed by atoms with E-state index in [1.54, 1.807) is 0 Å². The predicted molar refractivity (Wildman–Crippen MR) is 55.0 cm³/mol. The van der Waals surface area contributed by atoms with E-state index in [-0.39, 0.29) is 6.61 Å². The smallest absolute Gasteiger partial charge is 0.341 e. The molecule has 0 unspecified atom stereocenters. The highest BCUT2D eigenvalue weighted by Crippen LogP contribution is 2.24. The van der Waals surface area contributed by atoms with Gasteiger partial charge in [-0.3, -0.25) is 0 Å². The van der Waals surface area contributed by atoms with E-state index in [9.17, 15) is 4.79 Å². The molecule has 4 heteroatoms. The van der Waals surface area contributed by atoms with Gasteiger partial charge < -0.3 is 15.2 Å². The Morgan fingerprint density at radius 2 is 2.40 bits per heavy atom. The van der Waals surface area contributed by atoms with E-state index >= 15 is 0 Å². The molecular weight excluding hydrogens is 194 g/mol. The molecule has 0 amide bonds. The number of aliphatic carboxylic acids is 1. The summed E-state index contributed by atoms with van der Waals surface area (Å²) in [5.41, 5.74) is 2.33. The van der Waals surface area contributed by atoms with E-state index in [0.29, 0.717) is 5.75 Å². The summed E-state index contributed by atoms with van der Waals surface area (Å²) < 4.78 is 5.24. The first-order chi connectivity index (χ1) is 7.27. The molecule has 0 saturated heterocycles. The summed E-state index contributed by atoms with van der Waals surface area (Å²) in [5, 5.41) is 11.8. The van der Waals surface area contributed by atoms with E-state index in [2.05, 4.69) is 5.32 Å². The molecule has 2 rings (SSSR count). The summed E-state index contributed by atoms with van der Waals surface area (Å²) in [5.74, 6) is -0.238. The lowest BCUT2D eigenvalue weighted by Gasteiger charge is -2.19. The first-order valence-corrected chi connectivity index (χ1v) is 4.93. The Kier molecular flexibility index (Phi) is 2.87. The molecule has 0 atom stereocenters. The first-order valence-electron chi connectivity index (χ1n) is 4.93. The van der Waals surface area contributed by atoms with Gasteiger partial charge in [-0.1, -0.05) is 12.1 Å². The summed E-state index contributed by atoms with van der Waals surface area (Å²) in [6.07, 6.45) is 0.894. The van der Waals surface area contributed by atoms with Crippen molar-refractivity contribution in [2.45, 2.75) is 13.0 Å². The van der Waals surface area contributed by atoms with Crippen LogP contribution in [-0.2, 0) is 17.8 Å². The van der Waals surface area contributed by atoms with E-state index in [0.717, 1.165) is 25.1 Å². The Balaban J connectivity index is 2.19. The molecule has 1 heterocycles. The average Bonchev–Trinajstić information content (AvgIpc) is 2.26. The van der Waals surface area contributed by atoms with Crippen LogP contribution in [0.1, 0.15) is 11.1 Å². The number of hydrogen-bond acceptors (Lipinski definition) is 3. The van der Waals surface area contributed by atoms with Crippen molar-refractivity contribution in [3.8, 4) is 5.75 Å². The molecule has 0 radical (unpaired) electrons. The number of carboxylic acids is 1. The summed E-state index contributed by atoms with van der Waals surface area (Å²) in [6.45, 7) is 1.48. The predicted octanol–water partition coefficient (Wildman–Crippen LogP) is 0.796. The minimum atomic E-state index is -0.943. The zero-order valence-corrected chi connectivity index (χ0v) is 8.32. The molecule has 0 spiro atoms. The van der Waals surface area contributed by atoms with Gasteiger partial charge in [-0.2, -0.15) is 0 Å². The number of carbonyl (C=O) groups is 1. The van der Waals surface area contributed by atoms with Crippen molar-refractivity contribution in [2.24, 2.45) is 0 Å². The van der Waals surface area contributed by atoms with Crippen molar-refractivity contribution in [3.63, 3.8) is 0 Å². The lowest BCUT2D eigenvalue weighted by molar-refractivity contribution is -0.139. The van der Waals surface area contributed by atoms with Crippen LogP contribution in [-0.4, -0.2) is 24.2 Å². The fourth-order valence-electron chi connectivity index (χ4n) is 1.77.